The molecule has 1 aromatic heterocycles. The van der Waals surface area contributed by atoms with E-state index in [0.717, 1.165) is 12.8 Å². The van der Waals surface area contributed by atoms with Gasteiger partial charge in [-0.1, -0.05) is 19.3 Å². The van der Waals surface area contributed by atoms with E-state index in [2.05, 4.69) is 26.9 Å². The van der Waals surface area contributed by atoms with E-state index >= 15 is 0 Å². The molecule has 1 aliphatic carbocycles. The van der Waals surface area contributed by atoms with Gasteiger partial charge in [0, 0.05) is 18.3 Å². The zero-order valence-corrected chi connectivity index (χ0v) is 13.2. The van der Waals surface area contributed by atoms with Gasteiger partial charge in [0.1, 0.15) is 6.20 Å². The third kappa shape index (κ3) is 3.75. The van der Waals surface area contributed by atoms with Crippen molar-refractivity contribution in [1.29, 1.82) is 0 Å². The van der Waals surface area contributed by atoms with Crippen LogP contribution >= 0.6 is 11.8 Å². The van der Waals surface area contributed by atoms with Gasteiger partial charge in [-0.2, -0.15) is 16.7 Å². The molecule has 21 heavy (non-hydrogen) atoms. The van der Waals surface area contributed by atoms with Crippen LogP contribution in [0.15, 0.2) is 6.20 Å². The SMILES string of the molecule is CNc1ncc([N+](=O)[O-])c(NCC2(SC)CCCCC2)n1. The van der Waals surface area contributed by atoms with Crippen molar-refractivity contribution in [3.63, 3.8) is 0 Å². The van der Waals surface area contributed by atoms with Crippen molar-refractivity contribution in [2.45, 2.75) is 36.9 Å². The predicted molar refractivity (Wildman–Crippen MR) is 86.1 cm³/mol. The van der Waals surface area contributed by atoms with Crippen molar-refractivity contribution in [1.82, 2.24) is 9.97 Å². The van der Waals surface area contributed by atoms with E-state index in [-0.39, 0.29) is 10.4 Å². The third-order valence-electron chi connectivity index (χ3n) is 3.97. The minimum atomic E-state index is -0.450. The molecule has 116 valence electrons. The summed E-state index contributed by atoms with van der Waals surface area (Å²) >= 11 is 1.85. The Morgan fingerprint density at radius 3 is 2.71 bits per heavy atom. The highest BCUT2D eigenvalue weighted by atomic mass is 32.2. The van der Waals surface area contributed by atoms with Crippen molar-refractivity contribution in [2.75, 3.05) is 30.5 Å². The smallest absolute Gasteiger partial charge is 0.329 e. The maximum Gasteiger partial charge on any atom is 0.329 e. The normalized spacial score (nSPS) is 17.2. The number of nitrogens with one attached hydrogen (secondary N) is 2. The Labute approximate surface area is 128 Å². The van der Waals surface area contributed by atoms with Crippen LogP contribution in [0.2, 0.25) is 0 Å². The van der Waals surface area contributed by atoms with E-state index < -0.39 is 4.92 Å². The Balaban J connectivity index is 2.15. The maximum absolute atomic E-state index is 11.1. The molecule has 0 amide bonds. The molecule has 0 aromatic carbocycles. The first-order chi connectivity index (χ1) is 10.1. The summed E-state index contributed by atoms with van der Waals surface area (Å²) in [6.45, 7) is 0.690. The first-order valence-electron chi connectivity index (χ1n) is 7.08. The summed E-state index contributed by atoms with van der Waals surface area (Å²) in [6, 6.07) is 0. The molecule has 0 aliphatic heterocycles. The Bertz CT molecular complexity index is 505. The van der Waals surface area contributed by atoms with Gasteiger partial charge in [0.2, 0.25) is 11.8 Å². The van der Waals surface area contributed by atoms with Gasteiger partial charge in [0.05, 0.1) is 4.92 Å². The number of aromatic nitrogens is 2. The maximum atomic E-state index is 11.1. The van der Waals surface area contributed by atoms with Gasteiger partial charge in [-0.3, -0.25) is 10.1 Å². The molecule has 0 unspecified atom stereocenters. The lowest BCUT2D eigenvalue weighted by Crippen LogP contribution is -2.35. The van der Waals surface area contributed by atoms with Crippen LogP contribution in [0.5, 0.6) is 0 Å². The van der Waals surface area contributed by atoms with E-state index in [9.17, 15) is 10.1 Å². The average molecular weight is 311 g/mol. The lowest BCUT2D eigenvalue weighted by molar-refractivity contribution is -0.384. The van der Waals surface area contributed by atoms with Crippen molar-refractivity contribution in [3.05, 3.63) is 16.3 Å². The first-order valence-corrected chi connectivity index (χ1v) is 8.31. The number of anilines is 2. The molecule has 0 bridgehead atoms. The second-order valence-corrected chi connectivity index (χ2v) is 6.51. The van der Waals surface area contributed by atoms with Crippen molar-refractivity contribution >= 4 is 29.2 Å². The number of rotatable bonds is 6. The predicted octanol–water partition coefficient (Wildman–Crippen LogP) is 2.90. The molecular weight excluding hydrogens is 290 g/mol. The number of nitro groups is 1. The van der Waals surface area contributed by atoms with Crippen LogP contribution in [0, 0.1) is 10.1 Å². The lowest BCUT2D eigenvalue weighted by Gasteiger charge is -2.35. The number of nitrogens with zero attached hydrogens (tertiary/aromatic N) is 3. The molecule has 7 nitrogen and oxygen atoms in total. The molecule has 0 atom stereocenters. The van der Waals surface area contributed by atoms with Crippen molar-refractivity contribution < 1.29 is 4.92 Å². The largest absolute Gasteiger partial charge is 0.363 e. The van der Waals surface area contributed by atoms with E-state index in [1.165, 1.54) is 25.5 Å². The highest BCUT2D eigenvalue weighted by Gasteiger charge is 2.32. The number of thioether (sulfide) groups is 1. The monoisotopic (exact) mass is 311 g/mol. The molecule has 8 heteroatoms. The zero-order chi connectivity index (χ0) is 15.3. The Hall–Kier alpha value is -1.57. The number of hydrogen-bond acceptors (Lipinski definition) is 7. The molecule has 1 aliphatic rings. The summed E-state index contributed by atoms with van der Waals surface area (Å²) in [5.41, 5.74) is -0.0823. The van der Waals surface area contributed by atoms with E-state index in [1.54, 1.807) is 7.05 Å². The van der Waals surface area contributed by atoms with Crippen LogP contribution < -0.4 is 10.6 Å². The third-order valence-corrected chi connectivity index (χ3v) is 5.38. The molecular formula is C13H21N5O2S. The van der Waals surface area contributed by atoms with Gasteiger partial charge < -0.3 is 10.6 Å². The Morgan fingerprint density at radius 2 is 2.14 bits per heavy atom. The molecule has 2 rings (SSSR count). The molecule has 1 aromatic rings. The lowest BCUT2D eigenvalue weighted by atomic mass is 9.88. The molecule has 0 spiro atoms. The highest BCUT2D eigenvalue weighted by Crippen LogP contribution is 2.39. The molecule has 0 saturated heterocycles. The topological polar surface area (TPSA) is 93.0 Å². The number of hydrogen-bond donors (Lipinski definition) is 2. The Morgan fingerprint density at radius 1 is 1.43 bits per heavy atom. The van der Waals surface area contributed by atoms with Gasteiger partial charge >= 0.3 is 5.69 Å². The van der Waals surface area contributed by atoms with E-state index in [4.69, 9.17) is 0 Å². The minimum Gasteiger partial charge on any atom is -0.363 e. The average Bonchev–Trinajstić information content (AvgIpc) is 2.53. The van der Waals surface area contributed by atoms with Crippen LogP contribution in [-0.4, -0.2) is 39.5 Å². The summed E-state index contributed by atoms with van der Waals surface area (Å²) in [6.07, 6.45) is 9.35. The fourth-order valence-corrected chi connectivity index (χ4v) is 3.57. The van der Waals surface area contributed by atoms with Crippen molar-refractivity contribution in [3.8, 4) is 0 Å². The summed E-state index contributed by atoms with van der Waals surface area (Å²) in [5.74, 6) is 0.670. The fraction of sp³-hybridized carbons (Fsp3) is 0.692. The van der Waals surface area contributed by atoms with Gasteiger partial charge in [-0.25, -0.2) is 4.98 Å². The summed E-state index contributed by atoms with van der Waals surface area (Å²) in [7, 11) is 1.69. The quantitative estimate of drug-likeness (QED) is 0.616. The first kappa shape index (κ1) is 15.8. The fourth-order valence-electron chi connectivity index (χ4n) is 2.65. The van der Waals surface area contributed by atoms with Gasteiger partial charge in [0.15, 0.2) is 0 Å². The summed E-state index contributed by atoms with van der Waals surface area (Å²) < 4.78 is 0.150. The van der Waals surface area contributed by atoms with Crippen LogP contribution in [0.3, 0.4) is 0 Å². The summed E-state index contributed by atoms with van der Waals surface area (Å²) in [5, 5.41) is 17.1. The molecule has 0 radical (unpaired) electrons. The van der Waals surface area contributed by atoms with Gasteiger partial charge in [-0.15, -0.1) is 0 Å². The Kier molecular flexibility index (Phi) is 5.22. The molecule has 1 saturated carbocycles. The highest BCUT2D eigenvalue weighted by molar-refractivity contribution is 8.00. The van der Waals surface area contributed by atoms with Gasteiger partial charge in [0.25, 0.3) is 0 Å². The molecule has 1 fully saturated rings. The standard InChI is InChI=1S/C13H21N5O2S/c1-14-12-15-8-10(18(19)20)11(17-12)16-9-13(21-2)6-4-3-5-7-13/h8H,3-7,9H2,1-2H3,(H2,14,15,16,17). The van der Waals surface area contributed by atoms with Crippen LogP contribution in [0.1, 0.15) is 32.1 Å². The van der Waals surface area contributed by atoms with Crippen molar-refractivity contribution in [2.24, 2.45) is 0 Å². The minimum absolute atomic E-state index is 0.0823. The second-order valence-electron chi connectivity index (χ2n) is 5.24. The second kappa shape index (κ2) is 6.93. The zero-order valence-electron chi connectivity index (χ0n) is 12.4. The summed E-state index contributed by atoms with van der Waals surface area (Å²) in [4.78, 5) is 18.7. The molecule has 2 N–H and O–H groups in total. The van der Waals surface area contributed by atoms with Gasteiger partial charge in [-0.05, 0) is 19.1 Å². The van der Waals surface area contributed by atoms with Crippen LogP contribution in [0.4, 0.5) is 17.5 Å². The van der Waals surface area contributed by atoms with E-state index in [0.29, 0.717) is 18.3 Å². The van der Waals surface area contributed by atoms with Crippen LogP contribution in [0.25, 0.3) is 0 Å². The van der Waals surface area contributed by atoms with Crippen LogP contribution in [-0.2, 0) is 0 Å². The molecule has 1 heterocycles. The van der Waals surface area contributed by atoms with E-state index in [1.807, 2.05) is 11.8 Å².